The lowest BCUT2D eigenvalue weighted by Crippen LogP contribution is -2.43. The number of nitrogens with zero attached hydrogens (tertiary/aromatic N) is 2. The lowest BCUT2D eigenvalue weighted by molar-refractivity contribution is 0.0544. The zero-order chi connectivity index (χ0) is 23.2. The molecule has 4 heteroatoms. The largest absolute Gasteiger partial charge is 0.331 e. The average Bonchev–Trinajstić information content (AvgIpc) is 2.84. The third kappa shape index (κ3) is 5.69. The molecule has 1 aliphatic rings. The van der Waals surface area contributed by atoms with Crippen molar-refractivity contribution in [3.63, 3.8) is 0 Å². The minimum Gasteiger partial charge on any atom is -0.331 e. The Morgan fingerprint density at radius 1 is 0.848 bits per heavy atom. The Morgan fingerprint density at radius 2 is 1.42 bits per heavy atom. The molecule has 0 aromatic heterocycles. The second-order valence-electron chi connectivity index (χ2n) is 9.31. The van der Waals surface area contributed by atoms with Crippen molar-refractivity contribution in [1.29, 1.82) is 0 Å². The first-order chi connectivity index (χ1) is 16.0. The van der Waals surface area contributed by atoms with E-state index in [1.54, 1.807) is 12.1 Å². The molecule has 33 heavy (non-hydrogen) atoms. The van der Waals surface area contributed by atoms with Crippen LogP contribution in [0.2, 0.25) is 0 Å². The van der Waals surface area contributed by atoms with Gasteiger partial charge in [-0.2, -0.15) is 0 Å². The molecule has 0 N–H and O–H groups in total. The normalized spacial score (nSPS) is 19.3. The van der Waals surface area contributed by atoms with Crippen LogP contribution < -0.4 is 0 Å². The van der Waals surface area contributed by atoms with Gasteiger partial charge in [0.25, 0.3) is 5.91 Å². The standard InChI is InChI=1S/C29H33FN2O/c1-31(2)28(23-11-7-4-8-12-23)24-15-19-27(20-16-24)32(21-22-9-5-3-6-10-22)29(33)25-13-17-26(30)18-14-25/h3-14,17-18,24,27-28H,15-16,19-21H2,1-2H3. The maximum Gasteiger partial charge on any atom is 0.254 e. The summed E-state index contributed by atoms with van der Waals surface area (Å²) >= 11 is 0. The van der Waals surface area contributed by atoms with E-state index in [0.29, 0.717) is 24.1 Å². The van der Waals surface area contributed by atoms with Crippen LogP contribution in [0.15, 0.2) is 84.9 Å². The number of hydrogen-bond donors (Lipinski definition) is 0. The number of carbonyl (C=O) groups excluding carboxylic acids is 1. The maximum absolute atomic E-state index is 13.5. The molecule has 3 aromatic carbocycles. The maximum atomic E-state index is 13.5. The molecule has 4 rings (SSSR count). The molecular formula is C29H33FN2O. The first-order valence-electron chi connectivity index (χ1n) is 11.8. The van der Waals surface area contributed by atoms with Gasteiger partial charge in [-0.25, -0.2) is 4.39 Å². The predicted octanol–water partition coefficient (Wildman–Crippen LogP) is 6.33. The Morgan fingerprint density at radius 3 is 2.00 bits per heavy atom. The molecule has 1 unspecified atom stereocenters. The molecule has 0 radical (unpaired) electrons. The minimum absolute atomic E-state index is 0.0190. The van der Waals surface area contributed by atoms with Gasteiger partial charge in [0.05, 0.1) is 0 Å². The molecule has 1 atom stereocenters. The van der Waals surface area contributed by atoms with Gasteiger partial charge in [0.15, 0.2) is 0 Å². The van der Waals surface area contributed by atoms with Crippen LogP contribution in [0.4, 0.5) is 4.39 Å². The van der Waals surface area contributed by atoms with Crippen LogP contribution in [0.1, 0.15) is 53.2 Å². The number of amides is 1. The number of rotatable bonds is 7. The summed E-state index contributed by atoms with van der Waals surface area (Å²) in [4.78, 5) is 17.8. The predicted molar refractivity (Wildman–Crippen MR) is 131 cm³/mol. The van der Waals surface area contributed by atoms with Crippen molar-refractivity contribution in [2.24, 2.45) is 5.92 Å². The first kappa shape index (κ1) is 23.2. The lowest BCUT2D eigenvalue weighted by Gasteiger charge is -2.41. The highest BCUT2D eigenvalue weighted by atomic mass is 19.1. The second-order valence-corrected chi connectivity index (χ2v) is 9.31. The molecule has 0 heterocycles. The summed E-state index contributed by atoms with van der Waals surface area (Å²) in [5, 5.41) is 0. The van der Waals surface area contributed by atoms with E-state index in [9.17, 15) is 9.18 Å². The van der Waals surface area contributed by atoms with Gasteiger partial charge in [0.2, 0.25) is 0 Å². The van der Waals surface area contributed by atoms with Crippen molar-refractivity contribution < 1.29 is 9.18 Å². The summed E-state index contributed by atoms with van der Waals surface area (Å²) in [6.07, 6.45) is 4.10. The molecular weight excluding hydrogens is 411 g/mol. The number of carbonyl (C=O) groups is 1. The molecule has 3 nitrogen and oxygen atoms in total. The van der Waals surface area contributed by atoms with E-state index < -0.39 is 0 Å². The molecule has 1 saturated carbocycles. The zero-order valence-corrected chi connectivity index (χ0v) is 19.5. The molecule has 172 valence electrons. The van der Waals surface area contributed by atoms with E-state index >= 15 is 0 Å². The fourth-order valence-corrected chi connectivity index (χ4v) is 5.28. The first-order valence-corrected chi connectivity index (χ1v) is 11.8. The summed E-state index contributed by atoms with van der Waals surface area (Å²) in [7, 11) is 4.31. The highest BCUT2D eigenvalue weighted by Crippen LogP contribution is 2.39. The summed E-state index contributed by atoms with van der Waals surface area (Å²) in [6.45, 7) is 0.572. The van der Waals surface area contributed by atoms with Crippen molar-refractivity contribution in [3.05, 3.63) is 107 Å². The van der Waals surface area contributed by atoms with Gasteiger partial charge in [-0.15, -0.1) is 0 Å². The lowest BCUT2D eigenvalue weighted by atomic mass is 9.78. The van der Waals surface area contributed by atoms with Crippen LogP contribution in [0.25, 0.3) is 0 Å². The van der Waals surface area contributed by atoms with Gasteiger partial charge in [0.1, 0.15) is 5.82 Å². The van der Waals surface area contributed by atoms with Gasteiger partial charge >= 0.3 is 0 Å². The van der Waals surface area contributed by atoms with Gasteiger partial charge in [0, 0.05) is 24.2 Å². The second kappa shape index (κ2) is 10.8. The van der Waals surface area contributed by atoms with E-state index in [4.69, 9.17) is 0 Å². The molecule has 0 spiro atoms. The Balaban J connectivity index is 1.52. The van der Waals surface area contributed by atoms with E-state index in [2.05, 4.69) is 61.5 Å². The summed E-state index contributed by atoms with van der Waals surface area (Å²) in [5.74, 6) is 0.213. The topological polar surface area (TPSA) is 23.6 Å². The Kier molecular flexibility index (Phi) is 7.56. The summed E-state index contributed by atoms with van der Waals surface area (Å²) in [5.41, 5.74) is 3.02. The minimum atomic E-state index is -0.322. The van der Waals surface area contributed by atoms with E-state index in [1.165, 1.54) is 17.7 Å². The van der Waals surface area contributed by atoms with Crippen LogP contribution >= 0.6 is 0 Å². The summed E-state index contributed by atoms with van der Waals surface area (Å²) < 4.78 is 13.4. The van der Waals surface area contributed by atoms with Crippen molar-refractivity contribution in [2.45, 2.75) is 44.3 Å². The van der Waals surface area contributed by atoms with Gasteiger partial charge in [-0.1, -0.05) is 60.7 Å². The van der Waals surface area contributed by atoms with Crippen molar-refractivity contribution in [1.82, 2.24) is 9.80 Å². The highest BCUT2D eigenvalue weighted by Gasteiger charge is 2.34. The molecule has 0 saturated heterocycles. The number of halogens is 1. The smallest absolute Gasteiger partial charge is 0.254 e. The Hall–Kier alpha value is -2.98. The average molecular weight is 445 g/mol. The number of benzene rings is 3. The van der Waals surface area contributed by atoms with Crippen LogP contribution in [-0.2, 0) is 6.54 Å². The van der Waals surface area contributed by atoms with Crippen LogP contribution in [0.5, 0.6) is 0 Å². The van der Waals surface area contributed by atoms with Crippen LogP contribution in [0, 0.1) is 11.7 Å². The SMILES string of the molecule is CN(C)C(c1ccccc1)C1CCC(N(Cc2ccccc2)C(=O)c2ccc(F)cc2)CC1. The quantitative estimate of drug-likeness (QED) is 0.425. The zero-order valence-electron chi connectivity index (χ0n) is 19.5. The third-order valence-corrected chi connectivity index (χ3v) is 6.87. The van der Waals surface area contributed by atoms with Crippen LogP contribution in [-0.4, -0.2) is 35.8 Å². The summed E-state index contributed by atoms with van der Waals surface area (Å²) in [6, 6.07) is 27.3. The van der Waals surface area contributed by atoms with Gasteiger partial charge in [-0.05, 0) is 81.1 Å². The molecule has 1 amide bonds. The molecule has 1 fully saturated rings. The number of hydrogen-bond acceptors (Lipinski definition) is 2. The van der Waals surface area contributed by atoms with E-state index in [-0.39, 0.29) is 17.8 Å². The highest BCUT2D eigenvalue weighted by molar-refractivity contribution is 5.94. The molecule has 0 bridgehead atoms. The monoisotopic (exact) mass is 444 g/mol. The van der Waals surface area contributed by atoms with Crippen molar-refractivity contribution in [2.75, 3.05) is 14.1 Å². The molecule has 0 aliphatic heterocycles. The van der Waals surface area contributed by atoms with E-state index in [0.717, 1.165) is 31.2 Å². The molecule has 3 aromatic rings. The third-order valence-electron chi connectivity index (χ3n) is 6.87. The van der Waals surface area contributed by atoms with E-state index in [1.807, 2.05) is 23.1 Å². The fourth-order valence-electron chi connectivity index (χ4n) is 5.28. The van der Waals surface area contributed by atoms with Gasteiger partial charge in [-0.3, -0.25) is 4.79 Å². The Labute approximate surface area is 196 Å². The van der Waals surface area contributed by atoms with Crippen molar-refractivity contribution >= 4 is 5.91 Å². The van der Waals surface area contributed by atoms with Crippen molar-refractivity contribution in [3.8, 4) is 0 Å². The molecule has 1 aliphatic carbocycles. The van der Waals surface area contributed by atoms with Crippen LogP contribution in [0.3, 0.4) is 0 Å². The Bertz CT molecular complexity index is 1010. The fraction of sp³-hybridized carbons (Fsp3) is 0.345. The van der Waals surface area contributed by atoms with Gasteiger partial charge < -0.3 is 9.80 Å².